The van der Waals surface area contributed by atoms with E-state index >= 15 is 0 Å². The Morgan fingerprint density at radius 3 is 2.53 bits per heavy atom. The molecule has 36 heavy (non-hydrogen) atoms. The maximum absolute atomic E-state index is 14.0. The maximum Gasteiger partial charge on any atom is 0.236 e. The predicted molar refractivity (Wildman–Crippen MR) is 147 cm³/mol. The number of aryl methyl sites for hydroxylation is 3. The van der Waals surface area contributed by atoms with E-state index in [4.69, 9.17) is 21.7 Å². The Hall–Kier alpha value is -3.58. The fourth-order valence-electron chi connectivity index (χ4n) is 5.29. The van der Waals surface area contributed by atoms with Gasteiger partial charge in [-0.1, -0.05) is 47.5 Å². The van der Waals surface area contributed by atoms with Crippen molar-refractivity contribution in [3.63, 3.8) is 0 Å². The highest BCUT2D eigenvalue weighted by molar-refractivity contribution is 7.80. The van der Waals surface area contributed by atoms with Crippen LogP contribution in [0.2, 0.25) is 0 Å². The Bertz CT molecular complexity index is 1340. The molecule has 0 aromatic heterocycles. The van der Waals surface area contributed by atoms with E-state index in [2.05, 4.69) is 16.7 Å². The summed E-state index contributed by atoms with van der Waals surface area (Å²) in [4.78, 5) is 16.0. The molecule has 2 heterocycles. The summed E-state index contributed by atoms with van der Waals surface area (Å²) in [6.45, 7) is 10.5. The molecule has 5 rings (SSSR count). The van der Waals surface area contributed by atoms with Crippen LogP contribution in [0.5, 0.6) is 11.5 Å². The second-order valence-corrected chi connectivity index (χ2v) is 10.0. The summed E-state index contributed by atoms with van der Waals surface area (Å²) >= 11 is 5.86. The smallest absolute Gasteiger partial charge is 0.236 e. The number of hydrogen-bond donors (Lipinski definition) is 2. The van der Waals surface area contributed by atoms with Crippen LogP contribution in [0, 0.1) is 26.7 Å². The summed E-state index contributed by atoms with van der Waals surface area (Å²) in [5, 5.41) is 7.14. The van der Waals surface area contributed by atoms with Gasteiger partial charge in [-0.05, 0) is 76.7 Å². The van der Waals surface area contributed by atoms with E-state index in [1.54, 1.807) is 0 Å². The minimum atomic E-state index is -1.11. The number of nitrogens with one attached hydrogen (secondary N) is 2. The van der Waals surface area contributed by atoms with Crippen LogP contribution in [0.3, 0.4) is 0 Å². The van der Waals surface area contributed by atoms with Crippen molar-refractivity contribution < 1.29 is 14.3 Å². The highest BCUT2D eigenvalue weighted by atomic mass is 32.1. The second kappa shape index (κ2) is 9.13. The van der Waals surface area contributed by atoms with Crippen molar-refractivity contribution in [3.05, 3.63) is 82.9 Å². The topological polar surface area (TPSA) is 62.8 Å². The fraction of sp³-hybridized carbons (Fsp3) is 0.310. The number of nitrogens with zero attached hydrogens (tertiary/aromatic N) is 1. The van der Waals surface area contributed by atoms with E-state index in [9.17, 15) is 4.79 Å². The monoisotopic (exact) mass is 501 g/mol. The molecule has 3 atom stereocenters. The van der Waals surface area contributed by atoms with Crippen LogP contribution in [-0.4, -0.2) is 23.4 Å². The van der Waals surface area contributed by atoms with Gasteiger partial charge in [0.2, 0.25) is 5.91 Å². The summed E-state index contributed by atoms with van der Waals surface area (Å²) < 4.78 is 12.7. The number of para-hydroxylation sites is 1. The molecular weight excluding hydrogens is 470 g/mol. The van der Waals surface area contributed by atoms with Crippen molar-refractivity contribution in [2.24, 2.45) is 5.92 Å². The Morgan fingerprint density at radius 2 is 1.83 bits per heavy atom. The first-order chi connectivity index (χ1) is 17.2. The molecule has 2 N–H and O–H groups in total. The number of carbonyl (C=O) groups is 1. The number of thiocarbonyl (C=S) groups is 1. The van der Waals surface area contributed by atoms with Crippen molar-refractivity contribution in [1.29, 1.82) is 0 Å². The highest BCUT2D eigenvalue weighted by Crippen LogP contribution is 2.52. The van der Waals surface area contributed by atoms with Gasteiger partial charge in [-0.15, -0.1) is 0 Å². The van der Waals surface area contributed by atoms with Crippen molar-refractivity contribution in [2.75, 3.05) is 16.8 Å². The molecule has 186 valence electrons. The minimum absolute atomic E-state index is 0.144. The Morgan fingerprint density at radius 1 is 1.11 bits per heavy atom. The number of ether oxygens (including phenoxy) is 2. The van der Waals surface area contributed by atoms with Crippen LogP contribution >= 0.6 is 12.2 Å². The van der Waals surface area contributed by atoms with Crippen molar-refractivity contribution in [3.8, 4) is 11.5 Å². The third kappa shape index (κ3) is 3.97. The number of amides is 1. The van der Waals surface area contributed by atoms with Crippen LogP contribution in [0.1, 0.15) is 42.1 Å². The zero-order valence-electron chi connectivity index (χ0n) is 21.2. The van der Waals surface area contributed by atoms with Gasteiger partial charge in [-0.3, -0.25) is 9.69 Å². The van der Waals surface area contributed by atoms with Crippen LogP contribution in [-0.2, 0) is 4.79 Å². The lowest BCUT2D eigenvalue weighted by molar-refractivity contribution is -0.130. The van der Waals surface area contributed by atoms with E-state index in [1.807, 2.05) is 94.1 Å². The summed E-state index contributed by atoms with van der Waals surface area (Å²) in [5.74, 6) is 0.525. The number of hydrogen-bond acceptors (Lipinski definition) is 4. The molecular formula is C29H31N3O3S. The normalized spacial score (nSPS) is 22.2. The summed E-state index contributed by atoms with van der Waals surface area (Å²) in [6, 6.07) is 19.5. The Balaban J connectivity index is 1.64. The lowest BCUT2D eigenvalue weighted by atomic mass is 9.78. The largest absolute Gasteiger partial charge is 0.490 e. The molecule has 0 radical (unpaired) electrons. The molecule has 0 spiro atoms. The van der Waals surface area contributed by atoms with E-state index in [-0.39, 0.29) is 11.9 Å². The van der Waals surface area contributed by atoms with Crippen molar-refractivity contribution in [1.82, 2.24) is 5.32 Å². The van der Waals surface area contributed by atoms with E-state index in [1.165, 1.54) is 0 Å². The lowest BCUT2D eigenvalue weighted by Gasteiger charge is -2.56. The molecule has 1 fully saturated rings. The van der Waals surface area contributed by atoms with Crippen LogP contribution in [0.15, 0.2) is 60.7 Å². The molecule has 7 heteroatoms. The molecule has 0 aliphatic carbocycles. The first-order valence-electron chi connectivity index (χ1n) is 12.2. The molecule has 3 aromatic carbocycles. The van der Waals surface area contributed by atoms with E-state index in [0.29, 0.717) is 23.2 Å². The molecule has 2 aliphatic rings. The number of fused-ring (bicyclic) bond motifs is 4. The van der Waals surface area contributed by atoms with Crippen molar-refractivity contribution >= 4 is 34.6 Å². The quantitative estimate of drug-likeness (QED) is 0.430. The third-order valence-electron chi connectivity index (χ3n) is 7.00. The molecule has 2 aliphatic heterocycles. The predicted octanol–water partition coefficient (Wildman–Crippen LogP) is 5.81. The molecule has 1 amide bonds. The third-order valence-corrected chi connectivity index (χ3v) is 7.30. The van der Waals surface area contributed by atoms with Crippen molar-refractivity contribution in [2.45, 2.75) is 46.4 Å². The Kier molecular flexibility index (Phi) is 6.12. The van der Waals surface area contributed by atoms with Gasteiger partial charge < -0.3 is 20.1 Å². The van der Waals surface area contributed by atoms with Gasteiger partial charge in [0.25, 0.3) is 0 Å². The van der Waals surface area contributed by atoms with Gasteiger partial charge in [-0.2, -0.15) is 0 Å². The molecule has 6 nitrogen and oxygen atoms in total. The average Bonchev–Trinajstić information content (AvgIpc) is 2.82. The molecule has 1 saturated heterocycles. The van der Waals surface area contributed by atoms with Gasteiger partial charge in [0.05, 0.1) is 12.6 Å². The van der Waals surface area contributed by atoms with Gasteiger partial charge >= 0.3 is 0 Å². The summed E-state index contributed by atoms with van der Waals surface area (Å²) in [5.41, 5.74) is 4.66. The zero-order valence-corrected chi connectivity index (χ0v) is 22.0. The maximum atomic E-state index is 14.0. The molecule has 0 saturated carbocycles. The number of anilines is 2. The average molecular weight is 502 g/mol. The van der Waals surface area contributed by atoms with Gasteiger partial charge in [0.15, 0.2) is 22.3 Å². The van der Waals surface area contributed by atoms with Gasteiger partial charge in [-0.25, -0.2) is 0 Å². The molecule has 0 unspecified atom stereocenters. The number of carbonyl (C=O) groups excluding carboxylic acids is 1. The van der Waals surface area contributed by atoms with Gasteiger partial charge in [0.1, 0.15) is 5.92 Å². The van der Waals surface area contributed by atoms with Crippen LogP contribution in [0.25, 0.3) is 0 Å². The minimum Gasteiger partial charge on any atom is -0.490 e. The molecule has 3 aromatic rings. The first-order valence-corrected chi connectivity index (χ1v) is 12.6. The van der Waals surface area contributed by atoms with Crippen LogP contribution in [0.4, 0.5) is 11.4 Å². The highest BCUT2D eigenvalue weighted by Gasteiger charge is 2.59. The number of rotatable bonds is 5. The van der Waals surface area contributed by atoms with E-state index in [0.717, 1.165) is 33.6 Å². The SMILES string of the molecule is CCOc1cccc2c1O[C@@]1(C)[C@H](C(=O)Nc3ccc(C)cc3C)[C@H]2NC(=S)N1c1ccc(C)cc1. The summed E-state index contributed by atoms with van der Waals surface area (Å²) in [6.07, 6.45) is 0. The van der Waals surface area contributed by atoms with Gasteiger partial charge in [0, 0.05) is 16.9 Å². The lowest BCUT2D eigenvalue weighted by Crippen LogP contribution is -2.72. The van der Waals surface area contributed by atoms with E-state index < -0.39 is 11.6 Å². The standard InChI is InChI=1S/C29H31N3O3S/c1-6-34-23-9-7-8-21-25-24(27(33)30-22-15-12-18(3)16-19(22)4)29(5,35-26(21)23)32(28(36)31-25)20-13-10-17(2)11-14-20/h7-16,24-25H,6H2,1-5H3,(H,30,33)(H,31,36)/t24-,25-,29-/m0/s1. The Labute approximate surface area is 217 Å². The zero-order chi connectivity index (χ0) is 25.6. The second-order valence-electron chi connectivity index (χ2n) is 9.65. The van der Waals surface area contributed by atoms with Crippen LogP contribution < -0.4 is 25.0 Å². The first kappa shape index (κ1) is 24.1. The number of benzene rings is 3. The molecule has 2 bridgehead atoms. The summed E-state index contributed by atoms with van der Waals surface area (Å²) in [7, 11) is 0. The fourth-order valence-corrected chi connectivity index (χ4v) is 5.70.